The van der Waals surface area contributed by atoms with Crippen LogP contribution in [-0.2, 0) is 33.5 Å². The molecule has 2 aromatic carbocycles. The van der Waals surface area contributed by atoms with Gasteiger partial charge in [0.1, 0.15) is 11.2 Å². The molecule has 2 aromatic rings. The molecule has 0 saturated heterocycles. The number of anilines is 1. The highest BCUT2D eigenvalue weighted by molar-refractivity contribution is 8.13. The number of rotatable bonds is 12. The van der Waals surface area contributed by atoms with Crippen LogP contribution >= 0.6 is 10.7 Å². The van der Waals surface area contributed by atoms with E-state index >= 15 is 0 Å². The van der Waals surface area contributed by atoms with E-state index in [1.165, 1.54) is 30.3 Å². The molecule has 0 heterocycles. The van der Waals surface area contributed by atoms with Gasteiger partial charge in [0.15, 0.2) is 4.90 Å². The third-order valence-electron chi connectivity index (χ3n) is 4.79. The number of nitrogens with one attached hydrogen (secondary N) is 2. The van der Waals surface area contributed by atoms with Crippen LogP contribution in [0.2, 0.25) is 0 Å². The largest absolute Gasteiger partial charge is 0.481 e. The molecule has 0 aromatic heterocycles. The first-order valence-electron chi connectivity index (χ1n) is 10.9. The predicted octanol–water partition coefficient (Wildman–Crippen LogP) is 2.90. The topological polar surface area (TPSA) is 207 Å². The van der Waals surface area contributed by atoms with E-state index in [0.717, 1.165) is 18.6 Å². The number of carboxylic acid groups (broad SMARTS) is 1. The number of hydrogen-bond donors (Lipinski definition) is 3. The molecule has 0 saturated carbocycles. The molecule has 13 nitrogen and oxygen atoms in total. The van der Waals surface area contributed by atoms with Gasteiger partial charge in [-0.05, 0) is 24.6 Å². The van der Waals surface area contributed by atoms with E-state index in [2.05, 4.69) is 5.32 Å². The lowest BCUT2D eigenvalue weighted by molar-refractivity contribution is -0.387. The SMILES string of the molecule is CCCC(C)C(=O)Nc1ccccc1S(=O)(=O)NC(C=O)CC(=O)O.O=[N+]([O-])c1ccccc1S(=O)(=O)Cl. The van der Waals surface area contributed by atoms with Crippen molar-refractivity contribution in [2.24, 2.45) is 5.92 Å². The summed E-state index contributed by atoms with van der Waals surface area (Å²) in [6.07, 6.45) is 1.01. The zero-order chi connectivity index (χ0) is 29.1. The van der Waals surface area contributed by atoms with Gasteiger partial charge in [0, 0.05) is 22.7 Å². The first-order chi connectivity index (χ1) is 17.6. The number of aldehydes is 1. The number of nitro groups is 1. The molecule has 2 unspecified atom stereocenters. The summed E-state index contributed by atoms with van der Waals surface area (Å²) in [4.78, 5) is 42.6. The molecule has 38 heavy (non-hydrogen) atoms. The first kappa shape index (κ1) is 32.6. The summed E-state index contributed by atoms with van der Waals surface area (Å²) < 4.78 is 48.6. The van der Waals surface area contributed by atoms with E-state index < -0.39 is 53.0 Å². The molecule has 16 heteroatoms. The Hall–Kier alpha value is -3.40. The number of carbonyl (C=O) groups excluding carboxylic acids is 2. The van der Waals surface area contributed by atoms with Gasteiger partial charge in [-0.2, -0.15) is 0 Å². The first-order valence-corrected chi connectivity index (χ1v) is 14.7. The van der Waals surface area contributed by atoms with Gasteiger partial charge in [0.05, 0.1) is 23.1 Å². The van der Waals surface area contributed by atoms with Crippen LogP contribution in [0.3, 0.4) is 0 Å². The van der Waals surface area contributed by atoms with E-state index in [1.54, 1.807) is 13.0 Å². The van der Waals surface area contributed by atoms with Crippen molar-refractivity contribution in [1.29, 1.82) is 0 Å². The standard InChI is InChI=1S/C16H22N2O6S.C6H4ClNO4S/c1-3-6-11(2)16(22)17-13-7-4-5-8-14(13)25(23,24)18-12(10-19)9-15(20)21;7-13(11,12)6-4-2-1-3-5(6)8(9)10/h4-5,7-8,10-12,18H,3,6,9H2,1-2H3,(H,17,22)(H,20,21);1-4H. The summed E-state index contributed by atoms with van der Waals surface area (Å²) >= 11 is 0. The Morgan fingerprint density at radius 3 is 2.11 bits per heavy atom. The fourth-order valence-electron chi connectivity index (χ4n) is 3.01. The van der Waals surface area contributed by atoms with E-state index in [1.807, 2.05) is 11.6 Å². The van der Waals surface area contributed by atoms with Crippen molar-refractivity contribution in [3.8, 4) is 0 Å². The maximum Gasteiger partial charge on any atom is 0.305 e. The molecule has 0 aliphatic carbocycles. The van der Waals surface area contributed by atoms with Crippen LogP contribution in [0.1, 0.15) is 33.1 Å². The van der Waals surface area contributed by atoms with Crippen LogP contribution in [0, 0.1) is 16.0 Å². The molecule has 0 aliphatic heterocycles. The maximum atomic E-state index is 12.5. The number of aliphatic carboxylic acids is 1. The number of hydrogen-bond acceptors (Lipinski definition) is 9. The van der Waals surface area contributed by atoms with E-state index in [9.17, 15) is 41.3 Å². The van der Waals surface area contributed by atoms with Crippen LogP contribution < -0.4 is 10.0 Å². The van der Waals surface area contributed by atoms with Crippen LogP contribution in [0.4, 0.5) is 11.4 Å². The lowest BCUT2D eigenvalue weighted by atomic mass is 10.1. The number of carboxylic acids is 1. The minimum absolute atomic E-state index is 0.0722. The molecule has 0 fully saturated rings. The van der Waals surface area contributed by atoms with Crippen molar-refractivity contribution in [2.75, 3.05) is 5.32 Å². The summed E-state index contributed by atoms with van der Waals surface area (Å²) in [5.41, 5.74) is -0.444. The minimum Gasteiger partial charge on any atom is -0.481 e. The van der Waals surface area contributed by atoms with Gasteiger partial charge in [0.2, 0.25) is 15.9 Å². The van der Waals surface area contributed by atoms with Crippen molar-refractivity contribution < 1.29 is 41.2 Å². The number of benzene rings is 2. The summed E-state index contributed by atoms with van der Waals surface area (Å²) in [5.74, 6) is -1.92. The fraction of sp³-hybridized carbons (Fsp3) is 0.318. The quantitative estimate of drug-likeness (QED) is 0.142. The Kier molecular flexibility index (Phi) is 12.5. The van der Waals surface area contributed by atoms with Crippen LogP contribution in [0.25, 0.3) is 0 Å². The third kappa shape index (κ3) is 10.2. The van der Waals surface area contributed by atoms with Gasteiger partial charge in [0.25, 0.3) is 14.7 Å². The Balaban J connectivity index is 0.000000464. The molecule has 2 atom stereocenters. The number of nitro benzene ring substituents is 1. The second-order valence-electron chi connectivity index (χ2n) is 7.80. The Morgan fingerprint density at radius 1 is 1.08 bits per heavy atom. The summed E-state index contributed by atoms with van der Waals surface area (Å²) in [5, 5.41) is 21.6. The fourth-order valence-corrected chi connectivity index (χ4v) is 5.36. The van der Waals surface area contributed by atoms with Crippen LogP contribution in [0.15, 0.2) is 58.3 Å². The van der Waals surface area contributed by atoms with Crippen molar-refractivity contribution in [3.63, 3.8) is 0 Å². The zero-order valence-corrected chi connectivity index (χ0v) is 22.6. The summed E-state index contributed by atoms with van der Waals surface area (Å²) in [7, 11) is -3.26. The molecule has 208 valence electrons. The normalized spacial score (nSPS) is 12.8. The number of sulfonamides is 1. The molecule has 2 rings (SSSR count). The molecule has 3 N–H and O–H groups in total. The highest BCUT2D eigenvalue weighted by Crippen LogP contribution is 2.25. The van der Waals surface area contributed by atoms with Crippen LogP contribution in [0.5, 0.6) is 0 Å². The van der Waals surface area contributed by atoms with Gasteiger partial charge in [-0.1, -0.05) is 44.5 Å². The number of carbonyl (C=O) groups is 3. The average molecular weight is 592 g/mol. The van der Waals surface area contributed by atoms with Gasteiger partial charge in [-0.3, -0.25) is 19.7 Å². The number of para-hydroxylation sites is 2. The van der Waals surface area contributed by atoms with Crippen molar-refractivity contribution in [2.45, 2.75) is 48.9 Å². The summed E-state index contributed by atoms with van der Waals surface area (Å²) in [6.45, 7) is 3.68. The van der Waals surface area contributed by atoms with E-state index in [0.29, 0.717) is 6.42 Å². The predicted molar refractivity (Wildman–Crippen MR) is 138 cm³/mol. The second kappa shape index (κ2) is 14.5. The average Bonchev–Trinajstić information content (AvgIpc) is 2.83. The molecule has 0 aliphatic rings. The second-order valence-corrected chi connectivity index (χ2v) is 12.0. The summed E-state index contributed by atoms with van der Waals surface area (Å²) in [6, 6.07) is 9.22. The minimum atomic E-state index is -4.19. The highest BCUT2D eigenvalue weighted by atomic mass is 35.7. The number of amides is 1. The molecule has 0 bridgehead atoms. The molecular weight excluding hydrogens is 566 g/mol. The smallest absolute Gasteiger partial charge is 0.305 e. The van der Waals surface area contributed by atoms with Gasteiger partial charge >= 0.3 is 5.97 Å². The number of halogens is 1. The van der Waals surface area contributed by atoms with Gasteiger partial charge in [-0.15, -0.1) is 0 Å². The molecule has 0 radical (unpaired) electrons. The maximum absolute atomic E-state index is 12.5. The third-order valence-corrected chi connectivity index (χ3v) is 7.71. The van der Waals surface area contributed by atoms with Crippen molar-refractivity contribution in [1.82, 2.24) is 4.72 Å². The molecule has 1 amide bonds. The Labute approximate surface area is 223 Å². The molecule has 0 spiro atoms. The van der Waals surface area contributed by atoms with Crippen LogP contribution in [-0.4, -0.2) is 51.1 Å². The molecular formula is C22H26ClN3O10S2. The monoisotopic (exact) mass is 591 g/mol. The Morgan fingerprint density at radius 2 is 1.63 bits per heavy atom. The lowest BCUT2D eigenvalue weighted by Crippen LogP contribution is -2.38. The zero-order valence-electron chi connectivity index (χ0n) is 20.2. The highest BCUT2D eigenvalue weighted by Gasteiger charge is 2.25. The van der Waals surface area contributed by atoms with Crippen molar-refractivity contribution in [3.05, 3.63) is 58.6 Å². The van der Waals surface area contributed by atoms with Crippen molar-refractivity contribution >= 4 is 59.3 Å². The van der Waals surface area contributed by atoms with E-state index in [4.69, 9.17) is 15.8 Å². The Bertz CT molecular complexity index is 1380. The van der Waals surface area contributed by atoms with Gasteiger partial charge in [-0.25, -0.2) is 21.6 Å². The lowest BCUT2D eigenvalue weighted by Gasteiger charge is -2.16. The number of nitrogens with zero attached hydrogens (tertiary/aromatic N) is 1. The van der Waals surface area contributed by atoms with Gasteiger partial charge < -0.3 is 15.2 Å². The van der Waals surface area contributed by atoms with E-state index in [-0.39, 0.29) is 28.7 Å².